The molecule has 112 valence electrons. The first-order valence-corrected chi connectivity index (χ1v) is 8.63. The predicted octanol–water partition coefficient (Wildman–Crippen LogP) is 3.83. The maximum absolute atomic E-state index is 14.1. The van der Waals surface area contributed by atoms with Gasteiger partial charge in [0.25, 0.3) is 0 Å². The largest absolute Gasteiger partial charge is 0.380 e. The summed E-state index contributed by atoms with van der Waals surface area (Å²) >= 11 is 8.88. The van der Waals surface area contributed by atoms with Gasteiger partial charge in [-0.3, -0.25) is 0 Å². The minimum Gasteiger partial charge on any atom is -0.380 e. The summed E-state index contributed by atoms with van der Waals surface area (Å²) in [5, 5.41) is 8.90. The van der Waals surface area contributed by atoms with Gasteiger partial charge in [0.15, 0.2) is 0 Å². The van der Waals surface area contributed by atoms with Gasteiger partial charge in [0.05, 0.1) is 21.1 Å². The molecule has 1 aromatic heterocycles. The van der Waals surface area contributed by atoms with Gasteiger partial charge in [0.1, 0.15) is 11.6 Å². The molecule has 0 bridgehead atoms. The quantitative estimate of drug-likeness (QED) is 0.720. The zero-order valence-corrected chi connectivity index (χ0v) is 13.4. The molecule has 3 rings (SSSR count). The molecule has 3 N–H and O–H groups in total. The van der Waals surface area contributed by atoms with E-state index in [2.05, 4.69) is 20.3 Å². The van der Waals surface area contributed by atoms with Gasteiger partial charge < -0.3 is 15.4 Å². The normalized spacial score (nSPS) is 17.9. The molecule has 0 aliphatic carbocycles. The number of hydrogen-bond donors (Lipinski definition) is 3. The van der Waals surface area contributed by atoms with Crippen molar-refractivity contribution in [3.05, 3.63) is 33.9 Å². The Morgan fingerprint density at radius 3 is 3.10 bits per heavy atom. The lowest BCUT2D eigenvalue weighted by Crippen LogP contribution is -2.22. The molecule has 1 saturated heterocycles. The number of nitrogens with zero attached hydrogens (tertiary/aromatic N) is 1. The van der Waals surface area contributed by atoms with E-state index in [9.17, 15) is 4.39 Å². The predicted molar refractivity (Wildman–Crippen MR) is 87.9 cm³/mol. The molecule has 1 fully saturated rings. The van der Waals surface area contributed by atoms with Crippen LogP contribution in [0.4, 0.5) is 15.9 Å². The number of benzene rings is 1. The summed E-state index contributed by atoms with van der Waals surface area (Å²) in [6.45, 7) is 1.85. The third-order valence-electron chi connectivity index (χ3n) is 3.14. The van der Waals surface area contributed by atoms with Crippen molar-refractivity contribution in [2.24, 2.45) is 0 Å². The van der Waals surface area contributed by atoms with Crippen LogP contribution in [0.5, 0.6) is 0 Å². The van der Waals surface area contributed by atoms with E-state index in [-0.39, 0.29) is 5.82 Å². The average molecular weight is 345 g/mol. The number of aromatic nitrogens is 1. The van der Waals surface area contributed by atoms with Crippen LogP contribution in [-0.2, 0) is 0 Å². The van der Waals surface area contributed by atoms with E-state index >= 15 is 0 Å². The molecule has 1 aliphatic rings. The fourth-order valence-electron chi connectivity index (χ4n) is 2.09. The molecule has 2 aromatic rings. The summed E-state index contributed by atoms with van der Waals surface area (Å²) in [6, 6.07) is 3.38. The minimum absolute atomic E-state index is 0.300. The number of hydrogen-bond acceptors (Lipinski definition) is 6. The summed E-state index contributed by atoms with van der Waals surface area (Å²) in [5.41, 5.74) is 2.36. The number of nitrogens with one attached hydrogen (secondary N) is 3. The molecule has 0 radical (unpaired) electrons. The molecular formula is C13H14ClFN4S2. The second-order valence-electron chi connectivity index (χ2n) is 4.67. The summed E-state index contributed by atoms with van der Waals surface area (Å²) in [5.74, 6) is 0.403. The Morgan fingerprint density at radius 2 is 2.38 bits per heavy atom. The van der Waals surface area contributed by atoms with Gasteiger partial charge in [-0.05, 0) is 37.0 Å². The van der Waals surface area contributed by atoms with Gasteiger partial charge in [0, 0.05) is 18.0 Å². The first kappa shape index (κ1) is 14.9. The lowest BCUT2D eigenvalue weighted by Gasteiger charge is -2.15. The molecule has 8 heteroatoms. The first-order valence-electron chi connectivity index (χ1n) is 6.50. The van der Waals surface area contributed by atoms with Gasteiger partial charge in [-0.25, -0.2) is 9.37 Å². The van der Waals surface area contributed by atoms with Crippen LogP contribution in [0.15, 0.2) is 27.9 Å². The van der Waals surface area contributed by atoms with E-state index < -0.39 is 0 Å². The molecule has 0 spiro atoms. The third-order valence-corrected chi connectivity index (χ3v) is 4.88. The Balaban J connectivity index is 1.69. The Hall–Kier alpha value is -1.02. The van der Waals surface area contributed by atoms with Gasteiger partial charge in [-0.2, -0.15) is 0 Å². The summed E-state index contributed by atoms with van der Waals surface area (Å²) in [6.07, 6.45) is 1.01. The van der Waals surface area contributed by atoms with E-state index in [0.717, 1.165) is 31.5 Å². The molecular weight excluding hydrogens is 331 g/mol. The molecule has 1 unspecified atom stereocenters. The molecule has 2 heterocycles. The zero-order valence-electron chi connectivity index (χ0n) is 11.0. The fourth-order valence-corrected chi connectivity index (χ4v) is 3.59. The van der Waals surface area contributed by atoms with Gasteiger partial charge in [0.2, 0.25) is 0 Å². The van der Waals surface area contributed by atoms with Crippen molar-refractivity contribution >= 4 is 46.4 Å². The topological polar surface area (TPSA) is 49.0 Å². The standard InChI is InChI=1S/C13H14ClFN4S2/c14-9-3-12(21-19-13-6-20-7-17-13)10(15)4-11(9)18-8-1-2-16-5-8/h3-4,6-8,16,18-19H,1-2,5H2. The maximum atomic E-state index is 14.1. The highest BCUT2D eigenvalue weighted by molar-refractivity contribution is 8.00. The van der Waals surface area contributed by atoms with E-state index in [0.29, 0.717) is 27.5 Å². The third kappa shape index (κ3) is 3.79. The van der Waals surface area contributed by atoms with Gasteiger partial charge in [-0.15, -0.1) is 11.3 Å². The van der Waals surface area contributed by atoms with Crippen molar-refractivity contribution in [2.45, 2.75) is 17.4 Å². The van der Waals surface area contributed by atoms with Crippen molar-refractivity contribution in [1.82, 2.24) is 10.3 Å². The zero-order chi connectivity index (χ0) is 14.7. The Bertz CT molecular complexity index is 602. The molecule has 0 saturated carbocycles. The van der Waals surface area contributed by atoms with Crippen molar-refractivity contribution in [3.8, 4) is 0 Å². The number of rotatable bonds is 5. The Morgan fingerprint density at radius 1 is 1.48 bits per heavy atom. The minimum atomic E-state index is -0.305. The number of anilines is 2. The van der Waals surface area contributed by atoms with Crippen LogP contribution in [0.1, 0.15) is 6.42 Å². The molecule has 1 atom stereocenters. The Kier molecular flexibility index (Phi) is 4.84. The van der Waals surface area contributed by atoms with Crippen molar-refractivity contribution in [3.63, 3.8) is 0 Å². The van der Waals surface area contributed by atoms with Crippen molar-refractivity contribution in [1.29, 1.82) is 0 Å². The molecule has 21 heavy (non-hydrogen) atoms. The lowest BCUT2D eigenvalue weighted by molar-refractivity contribution is 0.602. The summed E-state index contributed by atoms with van der Waals surface area (Å²) < 4.78 is 17.1. The monoisotopic (exact) mass is 344 g/mol. The second-order valence-corrected chi connectivity index (χ2v) is 6.65. The SMILES string of the molecule is Fc1cc(NC2CCNC2)c(Cl)cc1SNc1cscn1. The van der Waals surface area contributed by atoms with Crippen molar-refractivity contribution < 1.29 is 4.39 Å². The highest BCUT2D eigenvalue weighted by atomic mass is 35.5. The summed E-state index contributed by atoms with van der Waals surface area (Å²) in [4.78, 5) is 4.53. The van der Waals surface area contributed by atoms with Crippen molar-refractivity contribution in [2.75, 3.05) is 23.1 Å². The van der Waals surface area contributed by atoms with Gasteiger partial charge in [-0.1, -0.05) is 11.6 Å². The van der Waals surface area contributed by atoms with E-state index in [1.165, 1.54) is 17.4 Å². The highest BCUT2D eigenvalue weighted by Gasteiger charge is 2.17. The smallest absolute Gasteiger partial charge is 0.147 e. The molecule has 1 aliphatic heterocycles. The molecule has 1 aromatic carbocycles. The fraction of sp³-hybridized carbons (Fsp3) is 0.308. The second kappa shape index (κ2) is 6.83. The number of thiazole rings is 1. The van der Waals surface area contributed by atoms with Crippen LogP contribution < -0.4 is 15.4 Å². The average Bonchev–Trinajstić information content (AvgIpc) is 3.14. The van der Waals surface area contributed by atoms with Crippen LogP contribution in [0.2, 0.25) is 5.02 Å². The van der Waals surface area contributed by atoms with Crippen LogP contribution in [0, 0.1) is 5.82 Å². The lowest BCUT2D eigenvalue weighted by atomic mass is 10.2. The van der Waals surface area contributed by atoms with Crippen LogP contribution >= 0.6 is 34.9 Å². The van der Waals surface area contributed by atoms with Crippen LogP contribution in [-0.4, -0.2) is 24.1 Å². The maximum Gasteiger partial charge on any atom is 0.147 e. The molecule has 4 nitrogen and oxygen atoms in total. The number of halogens is 2. The van der Waals surface area contributed by atoms with E-state index in [1.54, 1.807) is 11.6 Å². The van der Waals surface area contributed by atoms with E-state index in [4.69, 9.17) is 11.6 Å². The Labute approximate surface area is 135 Å². The first-order chi connectivity index (χ1) is 10.2. The van der Waals surface area contributed by atoms with E-state index in [1.807, 2.05) is 5.38 Å². The highest BCUT2D eigenvalue weighted by Crippen LogP contribution is 2.32. The van der Waals surface area contributed by atoms with Crippen LogP contribution in [0.3, 0.4) is 0 Å². The van der Waals surface area contributed by atoms with Crippen LogP contribution in [0.25, 0.3) is 0 Å². The summed E-state index contributed by atoms with van der Waals surface area (Å²) in [7, 11) is 0. The molecule has 0 amide bonds. The van der Waals surface area contributed by atoms with Gasteiger partial charge >= 0.3 is 0 Å².